The second-order valence-electron chi connectivity index (χ2n) is 6.78. The molecule has 0 atom stereocenters. The Balaban J connectivity index is 1.55. The number of rotatable bonds is 5. The van der Waals surface area contributed by atoms with E-state index in [4.69, 9.17) is 10.5 Å². The Morgan fingerprint density at radius 1 is 1.00 bits per heavy atom. The third-order valence-corrected chi connectivity index (χ3v) is 6.69. The second-order valence-corrected chi connectivity index (χ2v) is 8.71. The van der Waals surface area contributed by atoms with Crippen molar-refractivity contribution in [2.75, 3.05) is 32.0 Å². The summed E-state index contributed by atoms with van der Waals surface area (Å²) in [5, 5.41) is 12.9. The fourth-order valence-corrected chi connectivity index (χ4v) is 4.56. The molecule has 0 aliphatic carbocycles. The molecule has 1 saturated heterocycles. The Bertz CT molecular complexity index is 1150. The number of aryl methyl sites for hydroxylation is 1. The predicted molar refractivity (Wildman–Crippen MR) is 113 cm³/mol. The first-order chi connectivity index (χ1) is 14.5. The van der Waals surface area contributed by atoms with Crippen LogP contribution in [-0.2, 0) is 14.8 Å². The molecule has 1 fully saturated rings. The van der Waals surface area contributed by atoms with Gasteiger partial charge in [0.25, 0.3) is 0 Å². The van der Waals surface area contributed by atoms with E-state index in [-0.39, 0.29) is 4.90 Å². The van der Waals surface area contributed by atoms with Gasteiger partial charge in [0, 0.05) is 13.1 Å². The highest BCUT2D eigenvalue weighted by molar-refractivity contribution is 7.89. The summed E-state index contributed by atoms with van der Waals surface area (Å²) in [7, 11) is -3.54. The zero-order valence-corrected chi connectivity index (χ0v) is 17.3. The van der Waals surface area contributed by atoms with Crippen molar-refractivity contribution in [1.29, 1.82) is 0 Å². The summed E-state index contributed by atoms with van der Waals surface area (Å²) in [6.07, 6.45) is 0. The summed E-state index contributed by atoms with van der Waals surface area (Å²) < 4.78 is 33.6. The van der Waals surface area contributed by atoms with E-state index < -0.39 is 10.0 Å². The number of para-hydroxylation sites is 1. The molecule has 0 saturated carbocycles. The van der Waals surface area contributed by atoms with Crippen LogP contribution in [0.25, 0.3) is 5.69 Å². The highest BCUT2D eigenvalue weighted by atomic mass is 32.2. The number of azo groups is 1. The minimum absolute atomic E-state index is 0.218. The number of hydrogen-bond donors (Lipinski definition) is 1. The molecule has 3 aromatic rings. The van der Waals surface area contributed by atoms with Gasteiger partial charge >= 0.3 is 0 Å². The molecule has 0 unspecified atom stereocenters. The van der Waals surface area contributed by atoms with Crippen molar-refractivity contribution < 1.29 is 13.2 Å². The van der Waals surface area contributed by atoms with Crippen LogP contribution in [0, 0.1) is 6.92 Å². The number of hydrogen-bond acceptors (Lipinski definition) is 7. The van der Waals surface area contributed by atoms with Crippen LogP contribution < -0.4 is 5.73 Å². The standard InChI is InChI=1S/C20H22N6O3S/c1-15-19(20(21)26(24-15)17-5-3-2-4-6-17)23-22-16-7-9-18(10-8-16)30(27,28)25-11-13-29-14-12-25/h2-10H,11-14,21H2,1H3. The van der Waals surface area contributed by atoms with Crippen LogP contribution in [0.15, 0.2) is 69.7 Å². The molecule has 2 N–H and O–H groups in total. The number of anilines is 1. The summed E-state index contributed by atoms with van der Waals surface area (Å²) in [6.45, 7) is 3.33. The van der Waals surface area contributed by atoms with E-state index in [2.05, 4.69) is 15.3 Å². The lowest BCUT2D eigenvalue weighted by molar-refractivity contribution is 0.0730. The smallest absolute Gasteiger partial charge is 0.243 e. The number of benzene rings is 2. The topological polar surface area (TPSA) is 115 Å². The Morgan fingerprint density at radius 2 is 1.67 bits per heavy atom. The summed E-state index contributed by atoms with van der Waals surface area (Å²) in [5.74, 6) is 0.383. The molecule has 0 amide bonds. The van der Waals surface area contributed by atoms with Gasteiger partial charge in [-0.1, -0.05) is 18.2 Å². The van der Waals surface area contributed by atoms with Crippen molar-refractivity contribution >= 4 is 27.2 Å². The van der Waals surface area contributed by atoms with Gasteiger partial charge in [-0.3, -0.25) is 0 Å². The van der Waals surface area contributed by atoms with Gasteiger partial charge in [-0.15, -0.1) is 5.11 Å². The lowest BCUT2D eigenvalue weighted by Crippen LogP contribution is -2.40. The summed E-state index contributed by atoms with van der Waals surface area (Å²) in [5.41, 5.74) is 8.68. The Hall–Kier alpha value is -3.08. The van der Waals surface area contributed by atoms with Crippen molar-refractivity contribution in [2.24, 2.45) is 10.2 Å². The Morgan fingerprint density at radius 3 is 2.33 bits per heavy atom. The van der Waals surface area contributed by atoms with Crippen LogP contribution in [0.4, 0.5) is 17.2 Å². The SMILES string of the molecule is Cc1nn(-c2ccccc2)c(N)c1N=Nc1ccc(S(=O)(=O)N2CCOCC2)cc1. The Labute approximate surface area is 174 Å². The molecule has 30 heavy (non-hydrogen) atoms. The minimum Gasteiger partial charge on any atom is -0.382 e. The predicted octanol–water partition coefficient (Wildman–Crippen LogP) is 3.20. The number of nitrogens with two attached hydrogens (primary N) is 1. The molecule has 9 nitrogen and oxygen atoms in total. The van der Waals surface area contributed by atoms with E-state index in [1.54, 1.807) is 16.8 Å². The van der Waals surface area contributed by atoms with Gasteiger partial charge in [-0.25, -0.2) is 13.1 Å². The summed E-state index contributed by atoms with van der Waals surface area (Å²) >= 11 is 0. The molecule has 1 aromatic heterocycles. The lowest BCUT2D eigenvalue weighted by atomic mass is 10.3. The lowest BCUT2D eigenvalue weighted by Gasteiger charge is -2.25. The second kappa shape index (κ2) is 8.34. The van der Waals surface area contributed by atoms with E-state index in [0.29, 0.717) is 49.2 Å². The fourth-order valence-electron chi connectivity index (χ4n) is 3.16. The monoisotopic (exact) mass is 426 g/mol. The highest BCUT2D eigenvalue weighted by Gasteiger charge is 2.26. The molecule has 2 heterocycles. The van der Waals surface area contributed by atoms with Crippen molar-refractivity contribution in [3.05, 3.63) is 60.3 Å². The normalized spacial score (nSPS) is 15.6. The van der Waals surface area contributed by atoms with Gasteiger partial charge in [0.15, 0.2) is 11.5 Å². The zero-order chi connectivity index (χ0) is 21.1. The maximum absolute atomic E-state index is 12.7. The van der Waals surface area contributed by atoms with Gasteiger partial charge in [0.2, 0.25) is 10.0 Å². The first-order valence-corrected chi connectivity index (χ1v) is 10.9. The van der Waals surface area contributed by atoms with E-state index in [1.807, 2.05) is 37.3 Å². The quantitative estimate of drug-likeness (QED) is 0.629. The number of nitrogen functional groups attached to an aromatic ring is 1. The molecule has 1 aliphatic rings. The van der Waals surface area contributed by atoms with E-state index in [9.17, 15) is 8.42 Å². The molecule has 0 radical (unpaired) electrons. The number of nitrogens with zero attached hydrogens (tertiary/aromatic N) is 5. The fraction of sp³-hybridized carbons (Fsp3) is 0.250. The molecule has 2 aromatic carbocycles. The maximum atomic E-state index is 12.7. The van der Waals surface area contributed by atoms with Crippen molar-refractivity contribution in [1.82, 2.24) is 14.1 Å². The molecule has 0 spiro atoms. The first kappa shape index (κ1) is 20.2. The molecule has 0 bridgehead atoms. The van der Waals surface area contributed by atoms with E-state index in [1.165, 1.54) is 16.4 Å². The van der Waals surface area contributed by atoms with Crippen LogP contribution >= 0.6 is 0 Å². The van der Waals surface area contributed by atoms with Gasteiger partial charge < -0.3 is 10.5 Å². The minimum atomic E-state index is -3.54. The van der Waals surface area contributed by atoms with Crippen molar-refractivity contribution in [3.63, 3.8) is 0 Å². The van der Waals surface area contributed by atoms with Gasteiger partial charge in [0.1, 0.15) is 0 Å². The summed E-state index contributed by atoms with van der Waals surface area (Å²) in [6, 6.07) is 15.8. The number of morpholine rings is 1. The number of sulfonamides is 1. The van der Waals surface area contributed by atoms with Crippen LogP contribution in [0.3, 0.4) is 0 Å². The van der Waals surface area contributed by atoms with Crippen LogP contribution in [-0.4, -0.2) is 48.8 Å². The van der Waals surface area contributed by atoms with Crippen molar-refractivity contribution in [3.8, 4) is 5.69 Å². The molecular formula is C20H22N6O3S. The molecule has 156 valence electrons. The van der Waals surface area contributed by atoms with Gasteiger partial charge in [-0.2, -0.15) is 14.5 Å². The summed E-state index contributed by atoms with van der Waals surface area (Å²) in [4.78, 5) is 0.218. The molecular weight excluding hydrogens is 404 g/mol. The molecule has 1 aliphatic heterocycles. The third kappa shape index (κ3) is 3.97. The largest absolute Gasteiger partial charge is 0.382 e. The third-order valence-electron chi connectivity index (χ3n) is 4.77. The van der Waals surface area contributed by atoms with E-state index in [0.717, 1.165) is 5.69 Å². The zero-order valence-electron chi connectivity index (χ0n) is 16.5. The Kier molecular flexibility index (Phi) is 5.62. The van der Waals surface area contributed by atoms with Crippen LogP contribution in [0.2, 0.25) is 0 Å². The first-order valence-electron chi connectivity index (χ1n) is 9.47. The number of aromatic nitrogens is 2. The molecule has 4 rings (SSSR count). The molecule has 10 heteroatoms. The highest BCUT2D eigenvalue weighted by Crippen LogP contribution is 2.30. The van der Waals surface area contributed by atoms with Gasteiger partial charge in [-0.05, 0) is 43.3 Å². The van der Waals surface area contributed by atoms with Crippen LogP contribution in [0.1, 0.15) is 5.69 Å². The van der Waals surface area contributed by atoms with Crippen LogP contribution in [0.5, 0.6) is 0 Å². The number of ether oxygens (including phenoxy) is 1. The average molecular weight is 427 g/mol. The average Bonchev–Trinajstić information content (AvgIpc) is 3.07. The van der Waals surface area contributed by atoms with Gasteiger partial charge in [0.05, 0.1) is 35.2 Å². The van der Waals surface area contributed by atoms with Crippen molar-refractivity contribution in [2.45, 2.75) is 11.8 Å². The van der Waals surface area contributed by atoms with E-state index >= 15 is 0 Å². The maximum Gasteiger partial charge on any atom is 0.243 e.